The Morgan fingerprint density at radius 3 is 2.50 bits per heavy atom. The second kappa shape index (κ2) is 12.4. The molecule has 2 aromatic carbocycles. The number of amides is 2. The highest BCUT2D eigenvalue weighted by atomic mass is 19.1. The predicted molar refractivity (Wildman–Crippen MR) is 149 cm³/mol. The molecule has 40 heavy (non-hydrogen) atoms. The van der Waals surface area contributed by atoms with Crippen LogP contribution in [-0.4, -0.2) is 89.9 Å². The molecule has 1 fully saturated rings. The quantitative estimate of drug-likeness (QED) is 0.411. The average Bonchev–Trinajstić information content (AvgIpc) is 3.62. The van der Waals surface area contributed by atoms with Gasteiger partial charge in [-0.1, -0.05) is 24.3 Å². The van der Waals surface area contributed by atoms with Crippen molar-refractivity contribution >= 4 is 17.5 Å². The summed E-state index contributed by atoms with van der Waals surface area (Å²) in [6.07, 6.45) is 2.45. The SMILES string of the molecule is COc1ccc([C@@H]2CC(c3cccn3C)=NN2C(=O)CN(CCN2CCOCC2)C(=O)c2ccccc2F)cc1. The summed E-state index contributed by atoms with van der Waals surface area (Å²) in [5.41, 5.74) is 2.54. The normalized spacial score (nSPS) is 17.5. The minimum Gasteiger partial charge on any atom is -0.497 e. The van der Waals surface area contributed by atoms with Gasteiger partial charge in [-0.2, -0.15) is 5.10 Å². The van der Waals surface area contributed by atoms with Crippen LogP contribution >= 0.6 is 0 Å². The Hall–Kier alpha value is -4.02. The van der Waals surface area contributed by atoms with E-state index in [1.807, 2.05) is 54.2 Å². The Balaban J connectivity index is 1.42. The van der Waals surface area contributed by atoms with Crippen LogP contribution in [0.25, 0.3) is 0 Å². The number of morpholine rings is 1. The minimum atomic E-state index is -0.613. The number of hydrogen-bond donors (Lipinski definition) is 0. The molecule has 1 aromatic heterocycles. The molecular formula is C30H34FN5O4. The summed E-state index contributed by atoms with van der Waals surface area (Å²) >= 11 is 0. The third-order valence-corrected chi connectivity index (χ3v) is 7.41. The molecule has 10 heteroatoms. The summed E-state index contributed by atoms with van der Waals surface area (Å²) in [5.74, 6) is -0.756. The molecule has 0 spiro atoms. The second-order valence-electron chi connectivity index (χ2n) is 9.94. The highest BCUT2D eigenvalue weighted by Gasteiger charge is 2.35. The molecule has 0 unspecified atom stereocenters. The molecule has 2 amide bonds. The molecule has 3 aromatic rings. The van der Waals surface area contributed by atoms with Gasteiger partial charge in [-0.3, -0.25) is 14.5 Å². The van der Waals surface area contributed by atoms with E-state index in [1.54, 1.807) is 19.2 Å². The van der Waals surface area contributed by atoms with Gasteiger partial charge >= 0.3 is 0 Å². The number of hydrazone groups is 1. The lowest BCUT2D eigenvalue weighted by molar-refractivity contribution is -0.133. The number of ether oxygens (including phenoxy) is 2. The van der Waals surface area contributed by atoms with Gasteiger partial charge in [0, 0.05) is 45.8 Å². The molecular weight excluding hydrogens is 513 g/mol. The topological polar surface area (TPSA) is 79.6 Å². The van der Waals surface area contributed by atoms with Gasteiger partial charge in [-0.05, 0) is 42.0 Å². The number of nitrogens with zero attached hydrogens (tertiary/aromatic N) is 5. The zero-order valence-corrected chi connectivity index (χ0v) is 22.8. The maximum atomic E-state index is 14.6. The minimum absolute atomic E-state index is 0.0570. The zero-order chi connectivity index (χ0) is 28.1. The van der Waals surface area contributed by atoms with E-state index in [4.69, 9.17) is 14.6 Å². The summed E-state index contributed by atoms with van der Waals surface area (Å²) in [6.45, 7) is 3.32. The first-order valence-corrected chi connectivity index (χ1v) is 13.4. The molecule has 3 heterocycles. The van der Waals surface area contributed by atoms with Crippen LogP contribution in [0.2, 0.25) is 0 Å². The molecule has 0 radical (unpaired) electrons. The van der Waals surface area contributed by atoms with Crippen LogP contribution in [0.1, 0.15) is 34.1 Å². The van der Waals surface area contributed by atoms with Gasteiger partial charge in [-0.15, -0.1) is 0 Å². The van der Waals surface area contributed by atoms with Gasteiger partial charge in [0.2, 0.25) is 0 Å². The molecule has 2 aliphatic heterocycles. The van der Waals surface area contributed by atoms with Crippen LogP contribution < -0.4 is 4.74 Å². The molecule has 210 valence electrons. The number of hydrogen-bond acceptors (Lipinski definition) is 6. The van der Waals surface area contributed by atoms with Gasteiger partial charge in [0.15, 0.2) is 0 Å². The Bertz CT molecular complexity index is 1370. The highest BCUT2D eigenvalue weighted by Crippen LogP contribution is 2.34. The van der Waals surface area contributed by atoms with Gasteiger partial charge in [0.25, 0.3) is 11.8 Å². The second-order valence-corrected chi connectivity index (χ2v) is 9.94. The van der Waals surface area contributed by atoms with Gasteiger partial charge in [-0.25, -0.2) is 9.40 Å². The van der Waals surface area contributed by atoms with Gasteiger partial charge < -0.3 is 18.9 Å². The lowest BCUT2D eigenvalue weighted by atomic mass is 10.0. The van der Waals surface area contributed by atoms with Crippen molar-refractivity contribution in [3.8, 4) is 5.75 Å². The van der Waals surface area contributed by atoms with E-state index < -0.39 is 11.7 Å². The van der Waals surface area contributed by atoms with E-state index in [2.05, 4.69) is 4.90 Å². The summed E-state index contributed by atoms with van der Waals surface area (Å²) in [4.78, 5) is 31.0. The van der Waals surface area contributed by atoms with E-state index in [0.717, 1.165) is 30.1 Å². The molecule has 9 nitrogen and oxygen atoms in total. The van der Waals surface area contributed by atoms with Crippen LogP contribution in [0.15, 0.2) is 72.0 Å². The molecule has 0 saturated carbocycles. The summed E-state index contributed by atoms with van der Waals surface area (Å²) in [7, 11) is 3.54. The Labute approximate surface area is 233 Å². The number of aryl methyl sites for hydroxylation is 1. The molecule has 0 N–H and O–H groups in total. The number of halogens is 1. The first kappa shape index (κ1) is 27.5. The Morgan fingerprint density at radius 1 is 1.07 bits per heavy atom. The van der Waals surface area contributed by atoms with E-state index in [0.29, 0.717) is 31.9 Å². The summed E-state index contributed by atoms with van der Waals surface area (Å²) in [5, 5.41) is 6.23. The fourth-order valence-electron chi connectivity index (χ4n) is 5.12. The van der Waals surface area contributed by atoms with Crippen molar-refractivity contribution in [2.45, 2.75) is 12.5 Å². The van der Waals surface area contributed by atoms with Crippen molar-refractivity contribution in [2.75, 3.05) is 53.0 Å². The van der Waals surface area contributed by atoms with Gasteiger partial charge in [0.1, 0.15) is 18.1 Å². The first-order chi connectivity index (χ1) is 19.4. The fraction of sp³-hybridized carbons (Fsp3) is 0.367. The third kappa shape index (κ3) is 6.08. The van der Waals surface area contributed by atoms with Crippen molar-refractivity contribution in [1.82, 2.24) is 19.4 Å². The van der Waals surface area contributed by atoms with Crippen molar-refractivity contribution in [3.05, 3.63) is 89.5 Å². The lowest BCUT2D eigenvalue weighted by Crippen LogP contribution is -2.46. The largest absolute Gasteiger partial charge is 0.497 e. The van der Waals surface area contributed by atoms with Crippen LogP contribution in [0.3, 0.4) is 0 Å². The van der Waals surface area contributed by atoms with Crippen molar-refractivity contribution in [3.63, 3.8) is 0 Å². The van der Waals surface area contributed by atoms with E-state index in [9.17, 15) is 14.0 Å². The van der Waals surface area contributed by atoms with Crippen molar-refractivity contribution in [1.29, 1.82) is 0 Å². The molecule has 2 aliphatic rings. The fourth-order valence-corrected chi connectivity index (χ4v) is 5.12. The Morgan fingerprint density at radius 2 is 1.82 bits per heavy atom. The molecule has 0 aliphatic carbocycles. The van der Waals surface area contributed by atoms with Crippen molar-refractivity contribution in [2.24, 2.45) is 12.1 Å². The standard InChI is InChI=1S/C30H34FN5O4/c1-33-13-5-8-27(33)26-20-28(22-9-11-23(39-2)12-10-22)36(32-26)29(37)21-35(15-14-34-16-18-40-19-17-34)30(38)24-6-3-4-7-25(24)31/h3-13,28H,14-21H2,1-2H3/t28-/m0/s1. The van der Waals surface area contributed by atoms with E-state index in [1.165, 1.54) is 22.0 Å². The molecule has 5 rings (SSSR count). The smallest absolute Gasteiger partial charge is 0.262 e. The van der Waals surface area contributed by atoms with Gasteiger partial charge in [0.05, 0.1) is 43.3 Å². The van der Waals surface area contributed by atoms with Crippen LogP contribution in [0.5, 0.6) is 5.75 Å². The molecule has 0 bridgehead atoms. The van der Waals surface area contributed by atoms with E-state index >= 15 is 0 Å². The number of carbonyl (C=O) groups is 2. The third-order valence-electron chi connectivity index (χ3n) is 7.41. The maximum absolute atomic E-state index is 14.6. The number of methoxy groups -OCH3 is 1. The Kier molecular flexibility index (Phi) is 8.57. The average molecular weight is 548 g/mol. The molecule has 1 saturated heterocycles. The summed E-state index contributed by atoms with van der Waals surface area (Å²) < 4.78 is 27.3. The highest BCUT2D eigenvalue weighted by molar-refractivity contribution is 6.02. The first-order valence-electron chi connectivity index (χ1n) is 13.4. The number of benzene rings is 2. The maximum Gasteiger partial charge on any atom is 0.262 e. The number of rotatable bonds is 9. The van der Waals surface area contributed by atoms with Crippen molar-refractivity contribution < 1.29 is 23.5 Å². The molecule has 1 atom stereocenters. The number of aromatic nitrogens is 1. The van der Waals surface area contributed by atoms with Crippen LogP contribution in [-0.2, 0) is 16.6 Å². The van der Waals surface area contributed by atoms with Crippen LogP contribution in [0, 0.1) is 5.82 Å². The number of carbonyl (C=O) groups excluding carboxylic acids is 2. The summed E-state index contributed by atoms with van der Waals surface area (Å²) in [6, 6.07) is 17.0. The lowest BCUT2D eigenvalue weighted by Gasteiger charge is -2.31. The zero-order valence-electron chi connectivity index (χ0n) is 22.8. The monoisotopic (exact) mass is 547 g/mol. The predicted octanol–water partition coefficient (Wildman–Crippen LogP) is 3.33. The van der Waals surface area contributed by atoms with E-state index in [-0.39, 0.29) is 30.6 Å². The van der Waals surface area contributed by atoms with Crippen LogP contribution in [0.4, 0.5) is 4.39 Å².